The molecule has 5 nitrogen and oxygen atoms in total. The predicted molar refractivity (Wildman–Crippen MR) is 120 cm³/mol. The number of likely N-dealkylation sites (N-methyl/N-ethyl adjacent to an activating group) is 1. The van der Waals surface area contributed by atoms with E-state index in [1.54, 1.807) is 0 Å². The van der Waals surface area contributed by atoms with Gasteiger partial charge in [-0.15, -0.1) is 0 Å². The third-order valence-corrected chi connectivity index (χ3v) is 5.59. The Morgan fingerprint density at radius 3 is 2.45 bits per heavy atom. The number of hydrogen-bond donors (Lipinski definition) is 0. The summed E-state index contributed by atoms with van der Waals surface area (Å²) in [6, 6.07) is 10.2. The average Bonchev–Trinajstić information content (AvgIpc) is 3.09. The summed E-state index contributed by atoms with van der Waals surface area (Å²) < 4.78 is 2.24. The van der Waals surface area contributed by atoms with E-state index >= 15 is 0 Å². The van der Waals surface area contributed by atoms with E-state index in [-0.39, 0.29) is 0 Å². The molecule has 1 aromatic carbocycles. The van der Waals surface area contributed by atoms with Gasteiger partial charge in [-0.3, -0.25) is 4.98 Å². The van der Waals surface area contributed by atoms with Crippen molar-refractivity contribution >= 4 is 28.8 Å². The molecular weight excluding hydrogens is 384 g/mol. The van der Waals surface area contributed by atoms with Crippen molar-refractivity contribution in [2.24, 2.45) is 0 Å². The number of aldehydes is 1. The highest BCUT2D eigenvalue weighted by molar-refractivity contribution is 6.30. The lowest BCUT2D eigenvalue weighted by Crippen LogP contribution is -2.29. The van der Waals surface area contributed by atoms with Gasteiger partial charge in [0.05, 0.1) is 18.3 Å². The Balaban J connectivity index is 0.000000353. The largest absolute Gasteiger partial charge is 0.315 e. The minimum absolute atomic E-state index is 0.528. The van der Waals surface area contributed by atoms with Crippen molar-refractivity contribution < 1.29 is 4.79 Å². The molecule has 0 bridgehead atoms. The molecule has 4 rings (SSSR count). The molecule has 0 N–H and O–H groups in total. The van der Waals surface area contributed by atoms with Crippen LogP contribution in [-0.4, -0.2) is 66.4 Å². The average molecular weight is 413 g/mol. The van der Waals surface area contributed by atoms with E-state index in [1.807, 2.05) is 43.5 Å². The van der Waals surface area contributed by atoms with Gasteiger partial charge in [0.25, 0.3) is 0 Å². The van der Waals surface area contributed by atoms with E-state index in [0.29, 0.717) is 12.5 Å². The normalized spacial score (nSPS) is 15.3. The highest BCUT2D eigenvalue weighted by atomic mass is 35.5. The first-order valence-electron chi connectivity index (χ1n) is 9.97. The predicted octanol–water partition coefficient (Wildman–Crippen LogP) is 4.24. The van der Waals surface area contributed by atoms with Gasteiger partial charge < -0.3 is 19.2 Å². The van der Waals surface area contributed by atoms with Crippen LogP contribution in [0.25, 0.3) is 16.6 Å². The number of pyridine rings is 1. The van der Waals surface area contributed by atoms with E-state index < -0.39 is 0 Å². The van der Waals surface area contributed by atoms with Crippen molar-refractivity contribution in [2.45, 2.75) is 18.8 Å². The van der Waals surface area contributed by atoms with Gasteiger partial charge in [-0.2, -0.15) is 0 Å². The summed E-state index contributed by atoms with van der Waals surface area (Å²) >= 11 is 6.03. The third-order valence-electron chi connectivity index (χ3n) is 5.34. The van der Waals surface area contributed by atoms with Crippen molar-refractivity contribution in [3.05, 3.63) is 59.5 Å². The van der Waals surface area contributed by atoms with Crippen LogP contribution in [0.4, 0.5) is 0 Å². The maximum atomic E-state index is 9.57. The zero-order valence-corrected chi connectivity index (χ0v) is 18.1. The molecule has 0 spiro atoms. The molecule has 29 heavy (non-hydrogen) atoms. The van der Waals surface area contributed by atoms with Gasteiger partial charge in [-0.25, -0.2) is 0 Å². The number of benzene rings is 1. The number of carbonyl (C=O) groups is 1. The van der Waals surface area contributed by atoms with Crippen LogP contribution in [0.15, 0.2) is 48.9 Å². The van der Waals surface area contributed by atoms with Crippen LogP contribution in [-0.2, 0) is 4.79 Å². The monoisotopic (exact) mass is 412 g/mol. The van der Waals surface area contributed by atoms with Crippen LogP contribution < -0.4 is 0 Å². The van der Waals surface area contributed by atoms with Crippen molar-refractivity contribution in [3.8, 4) is 5.69 Å². The lowest BCUT2D eigenvalue weighted by molar-refractivity contribution is -0.108. The van der Waals surface area contributed by atoms with Gasteiger partial charge in [0.2, 0.25) is 0 Å². The number of likely N-dealkylation sites (tertiary alicyclic amines) is 1. The fourth-order valence-corrected chi connectivity index (χ4v) is 3.84. The molecule has 1 aliphatic heterocycles. The van der Waals surface area contributed by atoms with Crippen LogP contribution >= 0.6 is 11.6 Å². The Bertz CT molecular complexity index is 928. The smallest absolute Gasteiger partial charge is 0.133 e. The summed E-state index contributed by atoms with van der Waals surface area (Å²) in [6.07, 6.45) is 9.47. The SMILES string of the molecule is CN(C)CC=O.CN1CCC(c2cn(-c3ccc(Cl)cc3)c3cnccc23)CC1. The molecule has 1 fully saturated rings. The Labute approximate surface area is 177 Å². The van der Waals surface area contributed by atoms with Gasteiger partial charge in [0.15, 0.2) is 0 Å². The van der Waals surface area contributed by atoms with Gasteiger partial charge in [-0.1, -0.05) is 11.6 Å². The molecule has 6 heteroatoms. The third kappa shape index (κ3) is 5.44. The first-order chi connectivity index (χ1) is 14.0. The topological polar surface area (TPSA) is 41.4 Å². The summed E-state index contributed by atoms with van der Waals surface area (Å²) in [4.78, 5) is 18.1. The maximum absolute atomic E-state index is 9.57. The number of carbonyl (C=O) groups excluding carboxylic acids is 1. The number of hydrogen-bond acceptors (Lipinski definition) is 4. The molecule has 0 radical (unpaired) electrons. The second-order valence-corrected chi connectivity index (χ2v) is 8.27. The second-order valence-electron chi connectivity index (χ2n) is 7.83. The molecule has 0 saturated carbocycles. The molecular formula is C23H29ClN4O. The van der Waals surface area contributed by atoms with E-state index in [9.17, 15) is 4.79 Å². The number of aromatic nitrogens is 2. The van der Waals surface area contributed by atoms with Gasteiger partial charge in [0.1, 0.15) is 6.29 Å². The summed E-state index contributed by atoms with van der Waals surface area (Å²) in [5.41, 5.74) is 3.75. The maximum Gasteiger partial charge on any atom is 0.133 e. The lowest BCUT2D eigenvalue weighted by atomic mass is 9.90. The second kappa shape index (κ2) is 10.0. The fraction of sp³-hybridized carbons (Fsp3) is 0.391. The van der Waals surface area contributed by atoms with Gasteiger partial charge >= 0.3 is 0 Å². The number of rotatable bonds is 4. The zero-order chi connectivity index (χ0) is 20.8. The standard InChI is InChI=1S/C19H20ClN3.C4H9NO/c1-22-10-7-14(8-11-22)18-13-23(16-4-2-15(20)3-5-16)19-12-21-9-6-17(18)19;1-5(2)3-4-6/h2-6,9,12-14H,7-8,10-11H2,1H3;4H,3H2,1-2H3. The molecule has 2 aromatic heterocycles. The van der Waals surface area contributed by atoms with E-state index in [2.05, 4.69) is 45.9 Å². The number of halogens is 1. The van der Waals surface area contributed by atoms with Crippen molar-refractivity contribution in [2.75, 3.05) is 40.8 Å². The molecule has 0 aliphatic carbocycles. The fourth-order valence-electron chi connectivity index (χ4n) is 3.71. The lowest BCUT2D eigenvalue weighted by Gasteiger charge is -2.28. The minimum atomic E-state index is 0.528. The number of nitrogens with zero attached hydrogens (tertiary/aromatic N) is 4. The van der Waals surface area contributed by atoms with Crippen molar-refractivity contribution in [3.63, 3.8) is 0 Å². The molecule has 3 heterocycles. The first-order valence-corrected chi connectivity index (χ1v) is 10.3. The summed E-state index contributed by atoms with van der Waals surface area (Å²) in [5.74, 6) is 0.629. The number of fused-ring (bicyclic) bond motifs is 1. The molecule has 0 unspecified atom stereocenters. The highest BCUT2D eigenvalue weighted by Crippen LogP contribution is 2.35. The Kier molecular flexibility index (Phi) is 7.42. The van der Waals surface area contributed by atoms with E-state index in [4.69, 9.17) is 11.6 Å². The summed E-state index contributed by atoms with van der Waals surface area (Å²) in [6.45, 7) is 2.87. The van der Waals surface area contributed by atoms with Crippen LogP contribution in [0.3, 0.4) is 0 Å². The van der Waals surface area contributed by atoms with Gasteiger partial charge in [-0.05, 0) is 88.9 Å². The molecule has 0 atom stereocenters. The van der Waals surface area contributed by atoms with Crippen molar-refractivity contribution in [1.29, 1.82) is 0 Å². The zero-order valence-electron chi connectivity index (χ0n) is 17.4. The Hall–Kier alpha value is -2.21. The molecule has 1 saturated heterocycles. The Morgan fingerprint density at radius 1 is 1.17 bits per heavy atom. The molecule has 0 amide bonds. The van der Waals surface area contributed by atoms with E-state index in [1.165, 1.54) is 42.4 Å². The summed E-state index contributed by atoms with van der Waals surface area (Å²) in [7, 11) is 5.92. The summed E-state index contributed by atoms with van der Waals surface area (Å²) in [5, 5.41) is 2.09. The quantitative estimate of drug-likeness (QED) is 0.601. The first kappa shape index (κ1) is 21.5. The highest BCUT2D eigenvalue weighted by Gasteiger charge is 2.22. The van der Waals surface area contributed by atoms with Crippen molar-refractivity contribution in [1.82, 2.24) is 19.4 Å². The molecule has 3 aromatic rings. The van der Waals surface area contributed by atoms with Crippen LogP contribution in [0.2, 0.25) is 5.02 Å². The van der Waals surface area contributed by atoms with Crippen LogP contribution in [0.1, 0.15) is 24.3 Å². The minimum Gasteiger partial charge on any atom is -0.315 e. The molecule has 154 valence electrons. The Morgan fingerprint density at radius 2 is 1.86 bits per heavy atom. The van der Waals surface area contributed by atoms with Crippen LogP contribution in [0, 0.1) is 0 Å². The molecule has 1 aliphatic rings. The van der Waals surface area contributed by atoms with E-state index in [0.717, 1.165) is 17.0 Å². The van der Waals surface area contributed by atoms with Crippen LogP contribution in [0.5, 0.6) is 0 Å². The number of piperidine rings is 1. The van der Waals surface area contributed by atoms with Gasteiger partial charge in [0, 0.05) is 28.5 Å².